The molecule has 0 aliphatic heterocycles. The van der Waals surface area contributed by atoms with E-state index in [9.17, 15) is 19.5 Å². The Balaban J connectivity index is 0.000000276. The van der Waals surface area contributed by atoms with Crippen molar-refractivity contribution in [1.82, 2.24) is 0 Å². The van der Waals surface area contributed by atoms with Gasteiger partial charge in [-0.15, -0.1) is 0 Å². The van der Waals surface area contributed by atoms with Gasteiger partial charge in [-0.05, 0) is 142 Å². The molecule has 6 N–H and O–H groups in total. The van der Waals surface area contributed by atoms with Crippen molar-refractivity contribution >= 4 is 36.1 Å². The van der Waals surface area contributed by atoms with Gasteiger partial charge in [-0.2, -0.15) is 10.5 Å². The lowest BCUT2D eigenvalue weighted by Gasteiger charge is -2.11. The van der Waals surface area contributed by atoms with E-state index in [0.717, 1.165) is 40.0 Å². The van der Waals surface area contributed by atoms with Crippen molar-refractivity contribution in [1.29, 1.82) is 10.5 Å². The zero-order valence-corrected chi connectivity index (χ0v) is 49.3. The van der Waals surface area contributed by atoms with Crippen LogP contribution in [0.5, 0.6) is 46.0 Å². The highest BCUT2D eigenvalue weighted by molar-refractivity contribution is 5.89. The number of carboxylic acids is 2. The van der Waals surface area contributed by atoms with E-state index >= 15 is 0 Å². The molecule has 7 rings (SSSR count). The summed E-state index contributed by atoms with van der Waals surface area (Å²) in [4.78, 5) is 33.0. The zero-order valence-electron chi connectivity index (χ0n) is 49.3. The fourth-order valence-electron chi connectivity index (χ4n) is 7.30. The summed E-state index contributed by atoms with van der Waals surface area (Å²) in [6, 6.07) is 48.0. The second-order valence-electron chi connectivity index (χ2n) is 17.9. The van der Waals surface area contributed by atoms with E-state index in [2.05, 4.69) is 12.1 Å². The number of carbonyl (C=O) groups excluding carboxylic acids is 1. The van der Waals surface area contributed by atoms with Crippen molar-refractivity contribution in [2.24, 2.45) is 0 Å². The Morgan fingerprint density at radius 2 is 0.764 bits per heavy atom. The maximum atomic E-state index is 12.3. The largest absolute Gasteiger partial charge is 0.508 e. The Labute approximate surface area is 515 Å². The van der Waals surface area contributed by atoms with E-state index in [1.807, 2.05) is 48.5 Å². The number of aliphatic hydroxyl groups is 2. The number of carbonyl (C=O) groups is 3. The van der Waals surface area contributed by atoms with Gasteiger partial charge in [-0.1, -0.05) is 66.7 Å². The topological polar surface area (TPSA) is 312 Å². The maximum absolute atomic E-state index is 12.3. The van der Waals surface area contributed by atoms with Crippen LogP contribution in [0, 0.1) is 22.7 Å². The molecule has 89 heavy (non-hydrogen) atoms. The van der Waals surface area contributed by atoms with Crippen LogP contribution >= 0.6 is 0 Å². The quantitative estimate of drug-likeness (QED) is 0.0106. The van der Waals surface area contributed by atoms with Crippen molar-refractivity contribution in [2.45, 2.75) is 0 Å². The van der Waals surface area contributed by atoms with E-state index in [4.69, 9.17) is 83.4 Å². The minimum Gasteiger partial charge on any atom is -0.508 e. The van der Waals surface area contributed by atoms with E-state index in [1.165, 1.54) is 38.5 Å². The predicted octanol–water partition coefficient (Wildman–Crippen LogP) is 9.88. The monoisotopic (exact) mass is 1220 g/mol. The normalized spacial score (nSPS) is 10.5. The number of phenols is 2. The zero-order chi connectivity index (χ0) is 64.4. The molecule has 0 unspecified atom stereocenters. The first-order valence-electron chi connectivity index (χ1n) is 27.4. The van der Waals surface area contributed by atoms with Gasteiger partial charge >= 0.3 is 17.9 Å². The number of hydrogen-bond donors (Lipinski definition) is 6. The number of methoxy groups -OCH3 is 3. The minimum absolute atomic E-state index is 0.000550. The third-order valence-corrected chi connectivity index (χ3v) is 11.6. The number of esters is 1. The molecule has 0 bridgehead atoms. The molecule has 0 aromatic heterocycles. The standard InChI is InChI=1S/C29H29NO7.C16H22O7.C13H9NO.C10H10O4/c1-33-28-20-22(4-12-27(28)36-19-18-35-17-16-34-15-14-31)5-13-29(32)37-26-10-8-25(9-11-26)24-6-2-23(21-30)3-7-24;1-20-15-12-13(3-5-16(18)19)2-4-14(15)23-11-10-22-9-8-21-7-6-17;14-9-10-1-3-11(4-2-10)12-5-7-13(15)8-6-12;1-14-9-6-7(2-4-8(9)11)3-5-10(12)13/h2-13,20,31H,14-19H2,1H3;2-5,12,17H,6-11H2,1H3,(H,18,19);1-8,15H;2-6,11H,1H3,(H,12,13)/b13-5+;5-3+;;5-3+. The van der Waals surface area contributed by atoms with Gasteiger partial charge in [-0.3, -0.25) is 0 Å². The fourth-order valence-corrected chi connectivity index (χ4v) is 7.30. The molecule has 0 saturated heterocycles. The van der Waals surface area contributed by atoms with Gasteiger partial charge in [0.05, 0.1) is 111 Å². The van der Waals surface area contributed by atoms with Crippen LogP contribution < -0.4 is 28.4 Å². The Bertz CT molecular complexity index is 3430. The highest BCUT2D eigenvalue weighted by atomic mass is 16.6. The average molecular weight is 1220 g/mol. The van der Waals surface area contributed by atoms with Crippen LogP contribution in [0.15, 0.2) is 170 Å². The van der Waals surface area contributed by atoms with E-state index in [0.29, 0.717) is 123 Å². The van der Waals surface area contributed by atoms with Gasteiger partial charge in [0.2, 0.25) is 0 Å². The number of ether oxygens (including phenoxy) is 10. The lowest BCUT2D eigenvalue weighted by molar-refractivity contribution is -0.132. The van der Waals surface area contributed by atoms with Crippen molar-refractivity contribution in [2.75, 3.05) is 101 Å². The molecule has 21 nitrogen and oxygen atoms in total. The van der Waals surface area contributed by atoms with Crippen molar-refractivity contribution < 1.29 is 92.4 Å². The molecule has 0 aliphatic carbocycles. The van der Waals surface area contributed by atoms with Crippen LogP contribution in [0.1, 0.15) is 27.8 Å². The molecule has 0 saturated carbocycles. The fraction of sp³-hybridized carbons (Fsp3) is 0.221. The second kappa shape index (κ2) is 41.5. The molecule has 466 valence electrons. The number of carboxylic acid groups (broad SMARTS) is 2. The smallest absolute Gasteiger partial charge is 0.336 e. The number of aromatic hydroxyl groups is 2. The van der Waals surface area contributed by atoms with Crippen molar-refractivity contribution in [3.63, 3.8) is 0 Å². The van der Waals surface area contributed by atoms with E-state index in [1.54, 1.807) is 110 Å². The highest BCUT2D eigenvalue weighted by Gasteiger charge is 2.09. The number of rotatable bonds is 30. The van der Waals surface area contributed by atoms with Gasteiger partial charge in [0, 0.05) is 18.2 Å². The van der Waals surface area contributed by atoms with Gasteiger partial charge in [-0.25, -0.2) is 14.4 Å². The van der Waals surface area contributed by atoms with Crippen LogP contribution in [0.4, 0.5) is 0 Å². The molecular weight excluding hydrogens is 1150 g/mol. The summed E-state index contributed by atoms with van der Waals surface area (Å²) in [7, 11) is 4.49. The number of hydrogen-bond acceptors (Lipinski definition) is 19. The van der Waals surface area contributed by atoms with Crippen LogP contribution in [0.2, 0.25) is 0 Å². The first-order chi connectivity index (χ1) is 43.2. The first kappa shape index (κ1) is 71.0. The van der Waals surface area contributed by atoms with Crippen LogP contribution in [-0.2, 0) is 33.3 Å². The minimum atomic E-state index is -1.02. The molecule has 0 fully saturated rings. The van der Waals surface area contributed by atoms with Crippen LogP contribution in [0.3, 0.4) is 0 Å². The molecule has 0 spiro atoms. The Hall–Kier alpha value is -10.5. The Morgan fingerprint density at radius 1 is 0.416 bits per heavy atom. The Morgan fingerprint density at radius 3 is 1.15 bits per heavy atom. The van der Waals surface area contributed by atoms with E-state index < -0.39 is 17.9 Å². The average Bonchev–Trinajstić information content (AvgIpc) is 3.66. The molecule has 7 aromatic carbocycles. The summed E-state index contributed by atoms with van der Waals surface area (Å²) < 4.78 is 53.0. The van der Waals surface area contributed by atoms with E-state index in [-0.39, 0.29) is 24.7 Å². The second-order valence-corrected chi connectivity index (χ2v) is 17.9. The van der Waals surface area contributed by atoms with Crippen molar-refractivity contribution in [3.8, 4) is 80.4 Å². The third-order valence-electron chi connectivity index (χ3n) is 11.6. The van der Waals surface area contributed by atoms with Gasteiger partial charge in [0.25, 0.3) is 0 Å². The maximum Gasteiger partial charge on any atom is 0.336 e. The molecule has 0 aliphatic rings. The summed E-state index contributed by atoms with van der Waals surface area (Å²) in [5.74, 6) is 0.654. The summed E-state index contributed by atoms with van der Waals surface area (Å²) in [6.07, 6.45) is 7.95. The van der Waals surface area contributed by atoms with Gasteiger partial charge in [0.1, 0.15) is 24.7 Å². The molecular formula is C68H70N2O19. The number of benzene rings is 7. The molecule has 0 atom stereocenters. The lowest BCUT2D eigenvalue weighted by Crippen LogP contribution is -2.12. The summed E-state index contributed by atoms with van der Waals surface area (Å²) in [5.41, 5.74) is 7.33. The number of nitrogens with zero attached hydrogens (tertiary/aromatic N) is 2. The molecule has 0 amide bonds. The van der Waals surface area contributed by atoms with Gasteiger partial charge < -0.3 is 78.0 Å². The van der Waals surface area contributed by atoms with Crippen LogP contribution in [0.25, 0.3) is 40.5 Å². The molecule has 21 heteroatoms. The number of phenolic OH excluding ortho intramolecular Hbond substituents is 2. The summed E-state index contributed by atoms with van der Waals surface area (Å²) in [5, 5.41) is 70.1. The third kappa shape index (κ3) is 28.1. The first-order valence-corrected chi connectivity index (χ1v) is 27.4. The summed E-state index contributed by atoms with van der Waals surface area (Å²) >= 11 is 0. The highest BCUT2D eigenvalue weighted by Crippen LogP contribution is 2.31. The summed E-state index contributed by atoms with van der Waals surface area (Å²) in [6.45, 7) is 3.74. The number of aliphatic hydroxyl groups excluding tert-OH is 2. The molecule has 0 radical (unpaired) electrons. The van der Waals surface area contributed by atoms with Gasteiger partial charge in [0.15, 0.2) is 34.5 Å². The Kier molecular flexibility index (Phi) is 33.1. The molecule has 0 heterocycles. The van der Waals surface area contributed by atoms with Crippen molar-refractivity contribution in [3.05, 3.63) is 198 Å². The number of nitriles is 2. The SMILES string of the molecule is COc1cc(/C=C/C(=O)O)ccc1O.COc1cc(/C=C/C(=O)O)ccc1OCCOCCOCCO.COc1cc(/C=C/C(=O)Oc2ccc(-c3ccc(C#N)cc3)cc2)ccc1OCCOCCOCCO.N#Cc1ccc(-c2ccc(O)cc2)cc1. The van der Waals surface area contributed by atoms with Crippen LogP contribution in [-0.4, -0.2) is 149 Å². The predicted molar refractivity (Wildman–Crippen MR) is 332 cm³/mol. The lowest BCUT2D eigenvalue weighted by atomic mass is 10.0. The molecule has 7 aromatic rings. The number of aliphatic carboxylic acids is 2.